The molecule has 2 heteroatoms. The molecule has 0 aliphatic rings. The van der Waals surface area contributed by atoms with Gasteiger partial charge in [0.05, 0.1) is 0 Å². The van der Waals surface area contributed by atoms with Gasteiger partial charge in [0.2, 0.25) is 0 Å². The highest BCUT2D eigenvalue weighted by Gasteiger charge is 2.00. The first-order valence-electron chi connectivity index (χ1n) is 4.93. The third-order valence-electron chi connectivity index (χ3n) is 2.24. The van der Waals surface area contributed by atoms with E-state index in [0.29, 0.717) is 0 Å². The Morgan fingerprint density at radius 3 is 2.50 bits per heavy atom. The molecule has 16 heavy (non-hydrogen) atoms. The van der Waals surface area contributed by atoms with Gasteiger partial charge in [-0.2, -0.15) is 0 Å². The lowest BCUT2D eigenvalue weighted by Crippen LogP contribution is -1.77. The third-order valence-corrected chi connectivity index (χ3v) is 3.71. The van der Waals surface area contributed by atoms with Crippen LogP contribution in [0.1, 0.15) is 0 Å². The van der Waals surface area contributed by atoms with Gasteiger partial charge >= 0.3 is 0 Å². The maximum absolute atomic E-state index is 3.76. The summed E-state index contributed by atoms with van der Waals surface area (Å²) in [5.74, 6) is 0. The summed E-state index contributed by atoms with van der Waals surface area (Å²) in [7, 11) is 0. The van der Waals surface area contributed by atoms with Gasteiger partial charge in [-0.15, -0.1) is 0 Å². The topological polar surface area (TPSA) is 0 Å². The van der Waals surface area contributed by atoms with Crippen LogP contribution in [-0.4, -0.2) is 0 Å². The zero-order valence-corrected chi connectivity index (χ0v) is 10.5. The van der Waals surface area contributed by atoms with Crippen LogP contribution >= 0.6 is 23.5 Å². The van der Waals surface area contributed by atoms with Crippen molar-refractivity contribution < 1.29 is 0 Å². The maximum atomic E-state index is 3.76. The normalized spacial score (nSPS) is 10.2. The van der Waals surface area contributed by atoms with Crippen LogP contribution in [0.2, 0.25) is 0 Å². The Kier molecular flexibility index (Phi) is 3.75. The molecule has 80 valence electrons. The number of rotatable bonds is 4. The minimum Gasteiger partial charge on any atom is -0.0987 e. The molecule has 0 unspecified atom stereocenters. The van der Waals surface area contributed by atoms with Crippen LogP contribution in [0.5, 0.6) is 0 Å². The van der Waals surface area contributed by atoms with E-state index < -0.39 is 0 Å². The molecule has 0 nitrogen and oxygen atoms in total. The van der Waals surface area contributed by atoms with Crippen molar-refractivity contribution in [3.8, 4) is 0 Å². The van der Waals surface area contributed by atoms with Gasteiger partial charge in [0, 0.05) is 9.79 Å². The van der Waals surface area contributed by atoms with E-state index >= 15 is 0 Å². The fourth-order valence-electron chi connectivity index (χ4n) is 1.59. The Morgan fingerprint density at radius 2 is 1.75 bits per heavy atom. The summed E-state index contributed by atoms with van der Waals surface area (Å²) in [6.07, 6.45) is 0. The van der Waals surface area contributed by atoms with Gasteiger partial charge in [-0.25, -0.2) is 0 Å². The number of thioether (sulfide) groups is 2. The molecule has 0 aliphatic carbocycles. The molecule has 0 aromatic heterocycles. The predicted molar refractivity (Wildman–Crippen MR) is 76.1 cm³/mol. The Morgan fingerprint density at radius 1 is 0.938 bits per heavy atom. The third kappa shape index (κ3) is 2.34. The first-order valence-corrected chi connectivity index (χ1v) is 6.69. The highest BCUT2D eigenvalue weighted by atomic mass is 32.2. The second-order valence-electron chi connectivity index (χ2n) is 3.21. The summed E-state index contributed by atoms with van der Waals surface area (Å²) >= 11 is 3.31. The average Bonchev–Trinajstić information content (AvgIpc) is 2.30. The van der Waals surface area contributed by atoms with E-state index in [1.54, 1.807) is 23.5 Å². The van der Waals surface area contributed by atoms with Crippen molar-refractivity contribution >= 4 is 34.3 Å². The Bertz CT molecular complexity index is 529. The second-order valence-corrected chi connectivity index (χ2v) is 5.26. The van der Waals surface area contributed by atoms with Crippen LogP contribution in [0, 0.1) is 0 Å². The summed E-state index contributed by atoms with van der Waals surface area (Å²) in [4.78, 5) is 2.48. The van der Waals surface area contributed by atoms with Crippen molar-refractivity contribution in [2.45, 2.75) is 9.79 Å². The van der Waals surface area contributed by atoms with Gasteiger partial charge in [-0.05, 0) is 39.8 Å². The van der Waals surface area contributed by atoms with Gasteiger partial charge in [0.25, 0.3) is 0 Å². The zero-order chi connectivity index (χ0) is 11.4. The van der Waals surface area contributed by atoms with Crippen molar-refractivity contribution in [2.24, 2.45) is 0 Å². The molecule has 0 amide bonds. The van der Waals surface area contributed by atoms with Crippen LogP contribution in [0.25, 0.3) is 10.8 Å². The Labute approximate surface area is 104 Å². The van der Waals surface area contributed by atoms with E-state index in [0.717, 1.165) is 0 Å². The summed E-state index contributed by atoms with van der Waals surface area (Å²) in [5, 5.41) is 6.25. The van der Waals surface area contributed by atoms with Crippen molar-refractivity contribution in [1.29, 1.82) is 0 Å². The predicted octanol–water partition coefficient (Wildman–Crippen LogP) is 5.31. The highest BCUT2D eigenvalue weighted by Crippen LogP contribution is 2.31. The van der Waals surface area contributed by atoms with Gasteiger partial charge in [-0.3, -0.25) is 0 Å². The molecule has 2 aromatic carbocycles. The summed E-state index contributed by atoms with van der Waals surface area (Å²) in [5.41, 5.74) is 0. The zero-order valence-electron chi connectivity index (χ0n) is 8.85. The monoisotopic (exact) mass is 244 g/mol. The standard InChI is InChI=1S/C14H12S2/c1-3-15-12-8-9-13-11(10-12)6-5-7-14(13)16-4-2/h3-10H,1-2H2. The number of benzene rings is 2. The van der Waals surface area contributed by atoms with Crippen LogP contribution in [0.4, 0.5) is 0 Å². The van der Waals surface area contributed by atoms with E-state index in [-0.39, 0.29) is 0 Å². The summed E-state index contributed by atoms with van der Waals surface area (Å²) in [6.45, 7) is 7.48. The SMILES string of the molecule is C=CSc1ccc2c(SC=C)cccc2c1. The fraction of sp³-hybridized carbons (Fsp3) is 0. The van der Waals surface area contributed by atoms with E-state index in [4.69, 9.17) is 0 Å². The van der Waals surface area contributed by atoms with Crippen LogP contribution in [-0.2, 0) is 0 Å². The smallest absolute Gasteiger partial charge is 0.0194 e. The molecule has 0 bridgehead atoms. The molecule has 2 rings (SSSR count). The molecule has 0 saturated heterocycles. The molecule has 0 spiro atoms. The van der Waals surface area contributed by atoms with E-state index in [1.807, 2.05) is 10.8 Å². The molecule has 0 fully saturated rings. The van der Waals surface area contributed by atoms with Crippen molar-refractivity contribution in [3.05, 3.63) is 60.4 Å². The van der Waals surface area contributed by atoms with Gasteiger partial charge in [0.15, 0.2) is 0 Å². The first-order chi connectivity index (χ1) is 7.85. The van der Waals surface area contributed by atoms with Crippen LogP contribution in [0.15, 0.2) is 70.2 Å². The molecule has 0 atom stereocenters. The lowest BCUT2D eigenvalue weighted by atomic mass is 10.1. The van der Waals surface area contributed by atoms with E-state index in [9.17, 15) is 0 Å². The highest BCUT2D eigenvalue weighted by molar-refractivity contribution is 8.02. The number of fused-ring (bicyclic) bond motifs is 1. The van der Waals surface area contributed by atoms with Crippen LogP contribution < -0.4 is 0 Å². The van der Waals surface area contributed by atoms with Gasteiger partial charge < -0.3 is 0 Å². The van der Waals surface area contributed by atoms with Crippen molar-refractivity contribution in [2.75, 3.05) is 0 Å². The molecule has 0 saturated carbocycles. The largest absolute Gasteiger partial charge is 0.0987 e. The minimum absolute atomic E-state index is 1.23. The van der Waals surface area contributed by atoms with Crippen molar-refractivity contribution in [1.82, 2.24) is 0 Å². The lowest BCUT2D eigenvalue weighted by molar-refractivity contribution is 1.47. The van der Waals surface area contributed by atoms with Crippen LogP contribution in [0.3, 0.4) is 0 Å². The Balaban J connectivity index is 2.54. The molecular weight excluding hydrogens is 232 g/mol. The van der Waals surface area contributed by atoms with E-state index in [2.05, 4.69) is 49.6 Å². The van der Waals surface area contributed by atoms with Gasteiger partial charge in [0.1, 0.15) is 0 Å². The quantitative estimate of drug-likeness (QED) is 0.668. The van der Waals surface area contributed by atoms with Crippen molar-refractivity contribution in [3.63, 3.8) is 0 Å². The maximum Gasteiger partial charge on any atom is 0.0194 e. The van der Waals surface area contributed by atoms with Gasteiger partial charge in [-0.1, -0.05) is 54.9 Å². The second kappa shape index (κ2) is 5.28. The molecular formula is C14H12S2. The minimum atomic E-state index is 1.23. The molecule has 2 aromatic rings. The molecule has 0 heterocycles. The average molecular weight is 244 g/mol. The first kappa shape index (κ1) is 11.4. The fourth-order valence-corrected chi connectivity index (χ4v) is 2.78. The summed E-state index contributed by atoms with van der Waals surface area (Å²) < 4.78 is 0. The molecule has 0 radical (unpaired) electrons. The molecule has 0 aliphatic heterocycles. The lowest BCUT2D eigenvalue weighted by Gasteiger charge is -2.05. The number of hydrogen-bond acceptors (Lipinski definition) is 2. The molecule has 0 N–H and O–H groups in total. The number of hydrogen-bond donors (Lipinski definition) is 0. The van der Waals surface area contributed by atoms with E-state index in [1.165, 1.54) is 20.6 Å². The Hall–Kier alpha value is -1.12. The summed E-state index contributed by atoms with van der Waals surface area (Å²) in [6, 6.07) is 12.8.